The van der Waals surface area contributed by atoms with Gasteiger partial charge in [-0.2, -0.15) is 0 Å². The van der Waals surface area contributed by atoms with Crippen molar-refractivity contribution in [1.82, 2.24) is 10.2 Å². The Hall–Kier alpha value is -1.55. The van der Waals surface area contributed by atoms with Gasteiger partial charge in [-0.3, -0.25) is 0 Å². The van der Waals surface area contributed by atoms with Crippen LogP contribution in [0.5, 0.6) is 0 Å². The van der Waals surface area contributed by atoms with Crippen molar-refractivity contribution >= 4 is 11.7 Å². The number of carbonyl (C=O) groups excluding carboxylic acids is 1. The highest BCUT2D eigenvalue weighted by atomic mass is 16.2. The number of urea groups is 1. The first-order valence-corrected chi connectivity index (χ1v) is 7.03. The molecular formula is C15H23N3O. The first-order chi connectivity index (χ1) is 9.25. The van der Waals surface area contributed by atoms with Crippen molar-refractivity contribution in [3.05, 3.63) is 30.3 Å². The normalized spacial score (nSPS) is 18.9. The molecule has 0 saturated carbocycles. The van der Waals surface area contributed by atoms with Gasteiger partial charge in [0.1, 0.15) is 0 Å². The van der Waals surface area contributed by atoms with Crippen LogP contribution in [0.4, 0.5) is 10.5 Å². The van der Waals surface area contributed by atoms with E-state index in [1.165, 1.54) is 12.8 Å². The van der Waals surface area contributed by atoms with Gasteiger partial charge in [0, 0.05) is 19.3 Å². The number of piperidine rings is 1. The molecule has 4 heteroatoms. The molecule has 2 rings (SSSR count). The van der Waals surface area contributed by atoms with Gasteiger partial charge in [-0.05, 0) is 50.4 Å². The number of nitrogens with zero attached hydrogens (tertiary/aromatic N) is 1. The largest absolute Gasteiger partial charge is 0.328 e. The van der Waals surface area contributed by atoms with E-state index in [0.29, 0.717) is 5.92 Å². The quantitative estimate of drug-likeness (QED) is 0.875. The number of hydrogen-bond acceptors (Lipinski definition) is 2. The molecule has 0 radical (unpaired) electrons. The maximum atomic E-state index is 12.0. The molecule has 2 amide bonds. The molecule has 0 bridgehead atoms. The Bertz CT molecular complexity index is 388. The summed E-state index contributed by atoms with van der Waals surface area (Å²) in [7, 11) is 1.86. The second-order valence-electron chi connectivity index (χ2n) is 5.22. The molecule has 1 unspecified atom stereocenters. The molecule has 1 aliphatic heterocycles. The Morgan fingerprint density at radius 1 is 1.42 bits per heavy atom. The van der Waals surface area contributed by atoms with Crippen molar-refractivity contribution in [1.29, 1.82) is 0 Å². The highest BCUT2D eigenvalue weighted by Crippen LogP contribution is 2.14. The van der Waals surface area contributed by atoms with Gasteiger partial charge < -0.3 is 15.5 Å². The van der Waals surface area contributed by atoms with E-state index in [9.17, 15) is 4.79 Å². The Balaban J connectivity index is 1.73. The fourth-order valence-electron chi connectivity index (χ4n) is 2.39. The minimum Gasteiger partial charge on any atom is -0.328 e. The lowest BCUT2D eigenvalue weighted by Gasteiger charge is -2.25. The lowest BCUT2D eigenvalue weighted by atomic mass is 9.96. The summed E-state index contributed by atoms with van der Waals surface area (Å²) in [6, 6.07) is 9.55. The van der Waals surface area contributed by atoms with Gasteiger partial charge >= 0.3 is 6.03 Å². The molecule has 0 aromatic heterocycles. The average molecular weight is 261 g/mol. The average Bonchev–Trinajstić information content (AvgIpc) is 2.47. The van der Waals surface area contributed by atoms with Crippen LogP contribution in [0.3, 0.4) is 0 Å². The van der Waals surface area contributed by atoms with Crippen LogP contribution in [0.2, 0.25) is 0 Å². The van der Waals surface area contributed by atoms with E-state index in [2.05, 4.69) is 10.6 Å². The Labute approximate surface area is 115 Å². The predicted molar refractivity (Wildman–Crippen MR) is 78.3 cm³/mol. The summed E-state index contributed by atoms with van der Waals surface area (Å²) in [5, 5.41) is 6.31. The minimum atomic E-state index is -0.0324. The van der Waals surface area contributed by atoms with Crippen molar-refractivity contribution in [3.63, 3.8) is 0 Å². The monoisotopic (exact) mass is 261 g/mol. The molecule has 4 nitrogen and oxygen atoms in total. The van der Waals surface area contributed by atoms with Crippen LogP contribution in [-0.4, -0.2) is 37.6 Å². The highest BCUT2D eigenvalue weighted by Gasteiger charge is 2.15. The van der Waals surface area contributed by atoms with E-state index in [4.69, 9.17) is 0 Å². The third-order valence-electron chi connectivity index (χ3n) is 3.64. The maximum Gasteiger partial charge on any atom is 0.321 e. The second kappa shape index (κ2) is 7.14. The topological polar surface area (TPSA) is 44.4 Å². The van der Waals surface area contributed by atoms with Crippen molar-refractivity contribution < 1.29 is 4.79 Å². The molecular weight excluding hydrogens is 238 g/mol. The fraction of sp³-hybridized carbons (Fsp3) is 0.533. The summed E-state index contributed by atoms with van der Waals surface area (Å²) in [6.45, 7) is 3.04. The number of carbonyl (C=O) groups is 1. The molecule has 1 heterocycles. The zero-order valence-corrected chi connectivity index (χ0v) is 11.6. The van der Waals surface area contributed by atoms with Crippen LogP contribution < -0.4 is 10.6 Å². The minimum absolute atomic E-state index is 0.0324. The number of amides is 2. The third-order valence-corrected chi connectivity index (χ3v) is 3.64. The molecule has 1 aliphatic rings. The summed E-state index contributed by atoms with van der Waals surface area (Å²) in [6.07, 6.45) is 3.61. The summed E-state index contributed by atoms with van der Waals surface area (Å²) >= 11 is 0. The molecule has 1 saturated heterocycles. The van der Waals surface area contributed by atoms with Crippen molar-refractivity contribution in [2.75, 3.05) is 32.0 Å². The highest BCUT2D eigenvalue weighted by molar-refractivity contribution is 5.89. The van der Waals surface area contributed by atoms with E-state index in [-0.39, 0.29) is 6.03 Å². The van der Waals surface area contributed by atoms with E-state index in [1.54, 1.807) is 4.90 Å². The van der Waals surface area contributed by atoms with Gasteiger partial charge in [0.15, 0.2) is 0 Å². The van der Waals surface area contributed by atoms with Crippen LogP contribution in [-0.2, 0) is 0 Å². The zero-order valence-electron chi connectivity index (χ0n) is 11.6. The molecule has 1 aromatic rings. The smallest absolute Gasteiger partial charge is 0.321 e. The van der Waals surface area contributed by atoms with Crippen LogP contribution >= 0.6 is 0 Å². The first kappa shape index (κ1) is 13.9. The van der Waals surface area contributed by atoms with E-state index >= 15 is 0 Å². The van der Waals surface area contributed by atoms with E-state index in [0.717, 1.165) is 31.7 Å². The summed E-state index contributed by atoms with van der Waals surface area (Å²) in [5.41, 5.74) is 0.846. The zero-order chi connectivity index (χ0) is 13.5. The Morgan fingerprint density at radius 2 is 2.21 bits per heavy atom. The number of para-hydroxylation sites is 1. The molecule has 104 valence electrons. The fourth-order valence-corrected chi connectivity index (χ4v) is 2.39. The van der Waals surface area contributed by atoms with Gasteiger partial charge in [-0.1, -0.05) is 18.2 Å². The predicted octanol–water partition coefficient (Wildman–Crippen LogP) is 2.54. The van der Waals surface area contributed by atoms with E-state index < -0.39 is 0 Å². The number of rotatable bonds is 4. The van der Waals surface area contributed by atoms with Crippen LogP contribution in [0.1, 0.15) is 19.3 Å². The van der Waals surface area contributed by atoms with Crippen molar-refractivity contribution in [2.24, 2.45) is 5.92 Å². The number of benzene rings is 1. The van der Waals surface area contributed by atoms with Crippen LogP contribution in [0, 0.1) is 5.92 Å². The molecule has 1 atom stereocenters. The lowest BCUT2D eigenvalue weighted by Crippen LogP contribution is -2.36. The standard InChI is InChI=1S/C15H23N3O/c1-18(11-9-13-6-5-10-16-12-13)15(19)17-14-7-3-2-4-8-14/h2-4,7-8,13,16H,5-6,9-12H2,1H3,(H,17,19). The Morgan fingerprint density at radius 3 is 2.89 bits per heavy atom. The van der Waals surface area contributed by atoms with Crippen molar-refractivity contribution in [3.8, 4) is 0 Å². The Kier molecular flexibility index (Phi) is 5.21. The number of hydrogen-bond donors (Lipinski definition) is 2. The second-order valence-corrected chi connectivity index (χ2v) is 5.22. The third kappa shape index (κ3) is 4.56. The summed E-state index contributed by atoms with van der Waals surface area (Å²) in [4.78, 5) is 13.7. The summed E-state index contributed by atoms with van der Waals surface area (Å²) in [5.74, 6) is 0.709. The SMILES string of the molecule is CN(CCC1CCCNC1)C(=O)Nc1ccccc1. The molecule has 1 aromatic carbocycles. The molecule has 0 aliphatic carbocycles. The van der Waals surface area contributed by atoms with Crippen LogP contribution in [0.25, 0.3) is 0 Å². The lowest BCUT2D eigenvalue weighted by molar-refractivity contribution is 0.216. The summed E-state index contributed by atoms with van der Waals surface area (Å²) < 4.78 is 0. The van der Waals surface area contributed by atoms with Gasteiger partial charge in [-0.15, -0.1) is 0 Å². The van der Waals surface area contributed by atoms with Gasteiger partial charge in [-0.25, -0.2) is 4.79 Å². The molecule has 2 N–H and O–H groups in total. The van der Waals surface area contributed by atoms with Crippen LogP contribution in [0.15, 0.2) is 30.3 Å². The molecule has 19 heavy (non-hydrogen) atoms. The maximum absolute atomic E-state index is 12.0. The molecule has 1 fully saturated rings. The number of anilines is 1. The van der Waals surface area contributed by atoms with Crippen molar-refractivity contribution in [2.45, 2.75) is 19.3 Å². The van der Waals surface area contributed by atoms with Gasteiger partial charge in [0.25, 0.3) is 0 Å². The number of nitrogens with one attached hydrogen (secondary N) is 2. The molecule has 0 spiro atoms. The van der Waals surface area contributed by atoms with E-state index in [1.807, 2.05) is 37.4 Å². The van der Waals surface area contributed by atoms with Gasteiger partial charge in [0.2, 0.25) is 0 Å². The van der Waals surface area contributed by atoms with Gasteiger partial charge in [0.05, 0.1) is 0 Å². The first-order valence-electron chi connectivity index (χ1n) is 7.03.